The van der Waals surface area contributed by atoms with E-state index in [1.54, 1.807) is 22.7 Å². The molecule has 2 heterocycles. The molecule has 0 unspecified atom stereocenters. The number of nitrogen functional groups attached to an aromatic ring is 2. The number of hydrogen-bond acceptors (Lipinski definition) is 4. The Hall–Kier alpha value is -1.00. The molecule has 0 amide bonds. The van der Waals surface area contributed by atoms with Crippen LogP contribution in [0.15, 0.2) is 22.9 Å². The molecule has 4 N–H and O–H groups in total. The average Bonchev–Trinajstić information content (AvgIpc) is 2.58. The normalized spacial score (nSPS) is 10.3. The van der Waals surface area contributed by atoms with Crippen LogP contribution in [0, 0.1) is 0 Å². The molecule has 0 aliphatic carbocycles. The minimum atomic E-state index is 0.808. The molecule has 0 aliphatic rings. The third kappa shape index (κ3) is 1.19. The van der Waals surface area contributed by atoms with Gasteiger partial charge in [-0.3, -0.25) is 0 Å². The van der Waals surface area contributed by atoms with Gasteiger partial charge in [-0.1, -0.05) is 0 Å². The first-order valence-electron chi connectivity index (χ1n) is 3.45. The van der Waals surface area contributed by atoms with Crippen LogP contribution >= 0.6 is 22.7 Å². The number of anilines is 2. The molecule has 0 aliphatic heterocycles. The van der Waals surface area contributed by atoms with Crippen molar-refractivity contribution in [1.29, 1.82) is 0 Å². The summed E-state index contributed by atoms with van der Waals surface area (Å²) in [5, 5.41) is 3.91. The zero-order valence-electron chi connectivity index (χ0n) is 6.28. The largest absolute Gasteiger partial charge is 0.398 e. The Morgan fingerprint density at radius 2 is 2.00 bits per heavy atom. The van der Waals surface area contributed by atoms with Gasteiger partial charge in [-0.25, -0.2) is 0 Å². The highest BCUT2D eigenvalue weighted by Gasteiger charge is 2.05. The van der Waals surface area contributed by atoms with Crippen molar-refractivity contribution in [2.24, 2.45) is 0 Å². The Kier molecular flexibility index (Phi) is 1.78. The van der Waals surface area contributed by atoms with Crippen molar-refractivity contribution in [1.82, 2.24) is 0 Å². The van der Waals surface area contributed by atoms with E-state index in [-0.39, 0.29) is 0 Å². The molecular formula is C8H8N2S2. The van der Waals surface area contributed by atoms with Crippen molar-refractivity contribution >= 4 is 34.0 Å². The van der Waals surface area contributed by atoms with E-state index in [4.69, 9.17) is 11.5 Å². The van der Waals surface area contributed by atoms with Gasteiger partial charge in [0.2, 0.25) is 0 Å². The maximum absolute atomic E-state index is 5.76. The van der Waals surface area contributed by atoms with Gasteiger partial charge in [0.1, 0.15) is 0 Å². The van der Waals surface area contributed by atoms with Gasteiger partial charge < -0.3 is 11.5 Å². The van der Waals surface area contributed by atoms with Crippen LogP contribution in [-0.4, -0.2) is 0 Å². The van der Waals surface area contributed by atoms with Crippen LogP contribution in [0.3, 0.4) is 0 Å². The highest BCUT2D eigenvalue weighted by Crippen LogP contribution is 2.36. The van der Waals surface area contributed by atoms with E-state index in [1.807, 2.05) is 22.9 Å². The SMILES string of the molecule is Nc1csc(-c2sccc2N)c1. The van der Waals surface area contributed by atoms with Gasteiger partial charge in [0.15, 0.2) is 0 Å². The second-order valence-corrected chi connectivity index (χ2v) is 4.28. The lowest BCUT2D eigenvalue weighted by Crippen LogP contribution is -1.81. The van der Waals surface area contributed by atoms with Gasteiger partial charge in [-0.05, 0) is 17.5 Å². The predicted molar refractivity (Wildman–Crippen MR) is 56.5 cm³/mol. The zero-order valence-corrected chi connectivity index (χ0v) is 7.91. The van der Waals surface area contributed by atoms with E-state index in [9.17, 15) is 0 Å². The quantitative estimate of drug-likeness (QED) is 0.736. The van der Waals surface area contributed by atoms with Crippen LogP contribution in [0.25, 0.3) is 9.75 Å². The zero-order chi connectivity index (χ0) is 8.55. The molecule has 0 saturated carbocycles. The predicted octanol–water partition coefficient (Wildman–Crippen LogP) is 2.64. The molecule has 0 fully saturated rings. The minimum absolute atomic E-state index is 0.808. The smallest absolute Gasteiger partial charge is 0.0672 e. The van der Waals surface area contributed by atoms with Crippen LogP contribution in [0.1, 0.15) is 0 Å². The van der Waals surface area contributed by atoms with Crippen LogP contribution < -0.4 is 11.5 Å². The Bertz CT molecular complexity index is 389. The minimum Gasteiger partial charge on any atom is -0.398 e. The van der Waals surface area contributed by atoms with Gasteiger partial charge in [0.25, 0.3) is 0 Å². The van der Waals surface area contributed by atoms with Crippen molar-refractivity contribution in [3.63, 3.8) is 0 Å². The fourth-order valence-corrected chi connectivity index (χ4v) is 2.77. The van der Waals surface area contributed by atoms with Crippen LogP contribution in [0.2, 0.25) is 0 Å². The summed E-state index contributed by atoms with van der Waals surface area (Å²) < 4.78 is 0. The first kappa shape index (κ1) is 7.64. The molecule has 0 bridgehead atoms. The molecule has 2 nitrogen and oxygen atoms in total. The van der Waals surface area contributed by atoms with Crippen molar-refractivity contribution < 1.29 is 0 Å². The third-order valence-corrected chi connectivity index (χ3v) is 3.60. The fraction of sp³-hybridized carbons (Fsp3) is 0. The lowest BCUT2D eigenvalue weighted by molar-refractivity contribution is 1.83. The number of rotatable bonds is 1. The highest BCUT2D eigenvalue weighted by molar-refractivity contribution is 7.21. The van der Waals surface area contributed by atoms with E-state index >= 15 is 0 Å². The first-order chi connectivity index (χ1) is 5.77. The standard InChI is InChI=1S/C8H8N2S2/c9-5-3-7(12-4-5)8-6(10)1-2-11-8/h1-4H,9-10H2. The summed E-state index contributed by atoms with van der Waals surface area (Å²) >= 11 is 3.27. The van der Waals surface area contributed by atoms with E-state index in [0.29, 0.717) is 0 Å². The van der Waals surface area contributed by atoms with Crippen molar-refractivity contribution in [2.75, 3.05) is 11.5 Å². The van der Waals surface area contributed by atoms with Gasteiger partial charge in [0, 0.05) is 15.9 Å². The first-order valence-corrected chi connectivity index (χ1v) is 5.20. The summed E-state index contributed by atoms with van der Waals surface area (Å²) in [5.41, 5.74) is 13.0. The Balaban J connectivity index is 2.50. The monoisotopic (exact) mass is 196 g/mol. The molecule has 0 atom stereocenters. The molecule has 0 spiro atoms. The van der Waals surface area contributed by atoms with E-state index in [0.717, 1.165) is 21.1 Å². The Labute approximate surface area is 78.4 Å². The molecule has 2 aromatic rings. The molecular weight excluding hydrogens is 188 g/mol. The van der Waals surface area contributed by atoms with E-state index in [1.165, 1.54) is 0 Å². The van der Waals surface area contributed by atoms with Crippen molar-refractivity contribution in [3.05, 3.63) is 22.9 Å². The molecule has 0 radical (unpaired) electrons. The summed E-state index contributed by atoms with van der Waals surface area (Å²) in [7, 11) is 0. The number of nitrogens with two attached hydrogens (primary N) is 2. The summed E-state index contributed by atoms with van der Waals surface area (Å²) in [6.45, 7) is 0. The fourth-order valence-electron chi connectivity index (χ4n) is 0.989. The van der Waals surface area contributed by atoms with Gasteiger partial charge in [0.05, 0.1) is 10.6 Å². The van der Waals surface area contributed by atoms with Crippen LogP contribution in [0.5, 0.6) is 0 Å². The van der Waals surface area contributed by atoms with Gasteiger partial charge in [-0.2, -0.15) is 0 Å². The van der Waals surface area contributed by atoms with E-state index in [2.05, 4.69) is 0 Å². The van der Waals surface area contributed by atoms with E-state index < -0.39 is 0 Å². The summed E-state index contributed by atoms with van der Waals surface area (Å²) in [5.74, 6) is 0. The molecule has 62 valence electrons. The maximum atomic E-state index is 5.76. The molecule has 12 heavy (non-hydrogen) atoms. The topological polar surface area (TPSA) is 52.0 Å². The summed E-state index contributed by atoms with van der Waals surface area (Å²) in [4.78, 5) is 2.27. The maximum Gasteiger partial charge on any atom is 0.0672 e. The molecule has 0 aromatic carbocycles. The van der Waals surface area contributed by atoms with Gasteiger partial charge >= 0.3 is 0 Å². The molecule has 2 aromatic heterocycles. The molecule has 4 heteroatoms. The second-order valence-electron chi connectivity index (χ2n) is 2.45. The van der Waals surface area contributed by atoms with Crippen molar-refractivity contribution in [3.8, 4) is 9.75 Å². The molecule has 0 saturated heterocycles. The third-order valence-electron chi connectivity index (χ3n) is 1.54. The van der Waals surface area contributed by atoms with Crippen molar-refractivity contribution in [2.45, 2.75) is 0 Å². The Morgan fingerprint density at radius 1 is 1.17 bits per heavy atom. The number of thiophene rings is 2. The van der Waals surface area contributed by atoms with Crippen LogP contribution in [-0.2, 0) is 0 Å². The Morgan fingerprint density at radius 3 is 2.50 bits per heavy atom. The van der Waals surface area contributed by atoms with Gasteiger partial charge in [-0.15, -0.1) is 22.7 Å². The average molecular weight is 196 g/mol. The lowest BCUT2D eigenvalue weighted by atomic mass is 10.3. The second kappa shape index (κ2) is 2.80. The summed E-state index contributed by atoms with van der Waals surface area (Å²) in [6, 6.07) is 3.86. The molecule has 2 rings (SSSR count). The summed E-state index contributed by atoms with van der Waals surface area (Å²) in [6.07, 6.45) is 0. The lowest BCUT2D eigenvalue weighted by Gasteiger charge is -1.92. The van der Waals surface area contributed by atoms with Crippen LogP contribution in [0.4, 0.5) is 11.4 Å². The number of hydrogen-bond donors (Lipinski definition) is 2. The highest BCUT2D eigenvalue weighted by atomic mass is 32.1.